The van der Waals surface area contributed by atoms with Gasteiger partial charge in [0.15, 0.2) is 11.1 Å². The molecule has 54 valence electrons. The van der Waals surface area contributed by atoms with Crippen LogP contribution in [0.3, 0.4) is 0 Å². The van der Waals surface area contributed by atoms with Crippen LogP contribution in [0.5, 0.6) is 0 Å². The van der Waals surface area contributed by atoms with Gasteiger partial charge < -0.3 is 9.66 Å². The van der Waals surface area contributed by atoms with E-state index in [0.717, 1.165) is 0 Å². The van der Waals surface area contributed by atoms with Crippen molar-refractivity contribution in [3.8, 4) is 0 Å². The predicted molar refractivity (Wildman–Crippen MR) is 36.2 cm³/mol. The summed E-state index contributed by atoms with van der Waals surface area (Å²) in [6, 6.07) is 0. The third-order valence-corrected chi connectivity index (χ3v) is 1.80. The molecule has 0 aliphatic carbocycles. The molecule has 4 heteroatoms. The van der Waals surface area contributed by atoms with Crippen LogP contribution in [0.15, 0.2) is 11.0 Å². The highest BCUT2D eigenvalue weighted by atomic mass is 32.2. The highest BCUT2D eigenvalue weighted by Gasteiger charge is 1.98. The number of allylic oxidation sites excluding steroid dienone is 1. The molecule has 0 aromatic heterocycles. The van der Waals surface area contributed by atoms with E-state index in [1.54, 1.807) is 6.92 Å². The molecular formula is C5H10O3S. The molecule has 0 saturated carbocycles. The molecule has 0 aliphatic rings. The molecule has 0 saturated heterocycles. The average Bonchev–Trinajstić information content (AvgIpc) is 1.82. The molecule has 0 rings (SSSR count). The Hall–Kier alpha value is -0.190. The average molecular weight is 150 g/mol. The monoisotopic (exact) mass is 150 g/mol. The fraction of sp³-hybridized carbons (Fsp3) is 0.600. The van der Waals surface area contributed by atoms with Gasteiger partial charge in [-0.2, -0.15) is 0 Å². The van der Waals surface area contributed by atoms with E-state index < -0.39 is 11.1 Å². The minimum atomic E-state index is -1.90. The van der Waals surface area contributed by atoms with Crippen molar-refractivity contribution in [2.24, 2.45) is 0 Å². The molecule has 0 radical (unpaired) electrons. The summed E-state index contributed by atoms with van der Waals surface area (Å²) < 4.78 is 18.7. The summed E-state index contributed by atoms with van der Waals surface area (Å²) in [5.41, 5.74) is 0. The zero-order valence-electron chi connectivity index (χ0n) is 5.20. The summed E-state index contributed by atoms with van der Waals surface area (Å²) in [5, 5.41) is 8.29. The van der Waals surface area contributed by atoms with Crippen molar-refractivity contribution in [2.45, 2.75) is 13.3 Å². The molecule has 1 unspecified atom stereocenters. The van der Waals surface area contributed by atoms with Gasteiger partial charge >= 0.3 is 0 Å². The molecular weight excluding hydrogens is 140 g/mol. The van der Waals surface area contributed by atoms with Crippen molar-refractivity contribution in [3.63, 3.8) is 0 Å². The number of hydrogen-bond donors (Lipinski definition) is 2. The first-order chi connectivity index (χ1) is 4.22. The van der Waals surface area contributed by atoms with Gasteiger partial charge in [-0.15, -0.1) is 0 Å². The molecule has 0 spiro atoms. The van der Waals surface area contributed by atoms with Crippen molar-refractivity contribution in [1.82, 2.24) is 0 Å². The first-order valence-electron chi connectivity index (χ1n) is 2.63. The number of aliphatic hydroxyl groups excluding tert-OH is 1. The Kier molecular flexibility index (Phi) is 4.57. The van der Waals surface area contributed by atoms with Gasteiger partial charge in [0, 0.05) is 4.91 Å². The summed E-state index contributed by atoms with van der Waals surface area (Å²) in [7, 11) is 0. The lowest BCUT2D eigenvalue weighted by molar-refractivity contribution is 0.342. The van der Waals surface area contributed by atoms with Crippen LogP contribution >= 0.6 is 0 Å². The Labute approximate surface area is 56.7 Å². The van der Waals surface area contributed by atoms with Crippen LogP contribution in [0, 0.1) is 0 Å². The molecule has 2 N–H and O–H groups in total. The Morgan fingerprint density at radius 3 is 2.44 bits per heavy atom. The smallest absolute Gasteiger partial charge is 0.182 e. The molecule has 9 heavy (non-hydrogen) atoms. The third-order valence-electron chi connectivity index (χ3n) is 0.892. The van der Waals surface area contributed by atoms with Crippen LogP contribution in [0.4, 0.5) is 0 Å². The number of rotatable bonds is 3. The van der Waals surface area contributed by atoms with Gasteiger partial charge in [-0.05, 0) is 12.5 Å². The van der Waals surface area contributed by atoms with Crippen molar-refractivity contribution in [3.05, 3.63) is 11.0 Å². The number of aliphatic hydroxyl groups is 1. The first kappa shape index (κ1) is 8.81. The molecule has 0 aliphatic heterocycles. The van der Waals surface area contributed by atoms with E-state index in [1.807, 2.05) is 0 Å². The van der Waals surface area contributed by atoms with Crippen molar-refractivity contribution >= 4 is 11.1 Å². The zero-order valence-corrected chi connectivity index (χ0v) is 6.02. The highest BCUT2D eigenvalue weighted by molar-refractivity contribution is 7.83. The maximum atomic E-state index is 10.3. The summed E-state index contributed by atoms with van der Waals surface area (Å²) >= 11 is -1.90. The molecule has 1 atom stereocenters. The van der Waals surface area contributed by atoms with Crippen LogP contribution < -0.4 is 0 Å². The van der Waals surface area contributed by atoms with Crippen LogP contribution in [0.2, 0.25) is 0 Å². The van der Waals surface area contributed by atoms with Gasteiger partial charge in [0.1, 0.15) is 0 Å². The van der Waals surface area contributed by atoms with E-state index in [2.05, 4.69) is 0 Å². The topological polar surface area (TPSA) is 57.5 Å². The van der Waals surface area contributed by atoms with E-state index in [4.69, 9.17) is 9.66 Å². The quantitative estimate of drug-likeness (QED) is 0.576. The van der Waals surface area contributed by atoms with Gasteiger partial charge in [-0.3, -0.25) is 0 Å². The summed E-state index contributed by atoms with van der Waals surface area (Å²) in [6.07, 6.45) is 1.85. The maximum Gasteiger partial charge on any atom is 0.182 e. The third kappa shape index (κ3) is 3.40. The Balaban J connectivity index is 3.98. The second kappa shape index (κ2) is 4.67. The molecule has 0 aromatic rings. The largest absolute Gasteiger partial charge is 0.392 e. The lowest BCUT2D eigenvalue weighted by Gasteiger charge is -1.94. The lowest BCUT2D eigenvalue weighted by atomic mass is 10.4. The second-order valence-electron chi connectivity index (χ2n) is 1.46. The Morgan fingerprint density at radius 2 is 2.33 bits per heavy atom. The summed E-state index contributed by atoms with van der Waals surface area (Å²) in [5.74, 6) is 0. The molecule has 0 bridgehead atoms. The van der Waals surface area contributed by atoms with Crippen LogP contribution in [0.25, 0.3) is 0 Å². The molecule has 0 heterocycles. The van der Waals surface area contributed by atoms with Crippen molar-refractivity contribution < 1.29 is 13.9 Å². The van der Waals surface area contributed by atoms with Gasteiger partial charge in [-0.25, -0.2) is 4.21 Å². The normalized spacial score (nSPS) is 15.7. The van der Waals surface area contributed by atoms with E-state index in [0.29, 0.717) is 11.3 Å². The van der Waals surface area contributed by atoms with Gasteiger partial charge in [-0.1, -0.05) is 6.92 Å². The number of hydrogen-bond acceptors (Lipinski definition) is 2. The van der Waals surface area contributed by atoms with E-state index in [-0.39, 0.29) is 6.61 Å². The van der Waals surface area contributed by atoms with Crippen molar-refractivity contribution in [1.29, 1.82) is 0 Å². The standard InChI is InChI=1S/C5H10O3S/c1-2-5(3-4-6)9(7)8/h3,6H,2,4H2,1H3,(H,7,8)/b5-3-. The Bertz CT molecular complexity index is 130. The maximum absolute atomic E-state index is 10.3. The predicted octanol–water partition coefficient (Wildman–Crippen LogP) is 0.494. The molecule has 0 fully saturated rings. The molecule has 3 nitrogen and oxygen atoms in total. The van der Waals surface area contributed by atoms with Crippen LogP contribution in [-0.4, -0.2) is 20.5 Å². The zero-order chi connectivity index (χ0) is 7.28. The fourth-order valence-electron chi connectivity index (χ4n) is 0.441. The van der Waals surface area contributed by atoms with E-state index in [1.165, 1.54) is 6.08 Å². The van der Waals surface area contributed by atoms with Gasteiger partial charge in [0.2, 0.25) is 0 Å². The second-order valence-corrected chi connectivity index (χ2v) is 2.48. The van der Waals surface area contributed by atoms with E-state index in [9.17, 15) is 4.21 Å². The highest BCUT2D eigenvalue weighted by Crippen LogP contribution is 2.02. The summed E-state index contributed by atoms with van der Waals surface area (Å²) in [6.45, 7) is 1.59. The minimum absolute atomic E-state index is 0.171. The molecule has 0 aromatic carbocycles. The minimum Gasteiger partial charge on any atom is -0.392 e. The first-order valence-corrected chi connectivity index (χ1v) is 3.73. The van der Waals surface area contributed by atoms with Crippen LogP contribution in [-0.2, 0) is 11.1 Å². The SMILES string of the molecule is CC/C(=C/CO)S(=O)O. The van der Waals surface area contributed by atoms with Gasteiger partial charge in [0.25, 0.3) is 0 Å². The Morgan fingerprint density at radius 1 is 1.78 bits per heavy atom. The summed E-state index contributed by atoms with van der Waals surface area (Å²) in [4.78, 5) is 0.373. The van der Waals surface area contributed by atoms with Gasteiger partial charge in [0.05, 0.1) is 6.61 Å². The van der Waals surface area contributed by atoms with Crippen LogP contribution in [0.1, 0.15) is 13.3 Å². The van der Waals surface area contributed by atoms with Crippen molar-refractivity contribution in [2.75, 3.05) is 6.61 Å². The molecule has 0 amide bonds. The van der Waals surface area contributed by atoms with E-state index >= 15 is 0 Å². The fourth-order valence-corrected chi connectivity index (χ4v) is 0.905. The lowest BCUT2D eigenvalue weighted by Crippen LogP contribution is -1.92.